The summed E-state index contributed by atoms with van der Waals surface area (Å²) in [5.41, 5.74) is 1.03. The van der Waals surface area contributed by atoms with Gasteiger partial charge in [-0.2, -0.15) is 0 Å². The average Bonchev–Trinajstić information content (AvgIpc) is 2.14. The van der Waals surface area contributed by atoms with Crippen LogP contribution in [0.4, 0.5) is 0 Å². The second kappa shape index (κ2) is 7.56. The van der Waals surface area contributed by atoms with E-state index in [2.05, 4.69) is 55.4 Å². The van der Waals surface area contributed by atoms with Crippen LogP contribution in [0.3, 0.4) is 0 Å². The fourth-order valence-electron chi connectivity index (χ4n) is 3.72. The first-order valence-corrected chi connectivity index (χ1v) is 8.12. The summed E-state index contributed by atoms with van der Waals surface area (Å²) in [7, 11) is 0. The van der Waals surface area contributed by atoms with Crippen LogP contribution in [0.15, 0.2) is 0 Å². The van der Waals surface area contributed by atoms with Gasteiger partial charge in [0.05, 0.1) is 0 Å². The summed E-state index contributed by atoms with van der Waals surface area (Å²) in [6.45, 7) is 19.3. The zero-order chi connectivity index (χ0) is 14.4. The van der Waals surface area contributed by atoms with Gasteiger partial charge in [-0.15, -0.1) is 0 Å². The molecule has 0 aromatic carbocycles. The van der Waals surface area contributed by atoms with Crippen LogP contribution in [0, 0.1) is 22.7 Å². The van der Waals surface area contributed by atoms with E-state index in [9.17, 15) is 0 Å². The van der Waals surface area contributed by atoms with E-state index in [1.54, 1.807) is 0 Å². The van der Waals surface area contributed by atoms with Crippen molar-refractivity contribution in [3.63, 3.8) is 0 Å². The Bertz CT molecular complexity index is 212. The molecule has 0 aromatic heterocycles. The molecule has 0 heterocycles. The third-order valence-electron chi connectivity index (χ3n) is 4.44. The molecule has 0 heteroatoms. The summed E-state index contributed by atoms with van der Waals surface area (Å²) >= 11 is 0. The number of hydrogen-bond acceptors (Lipinski definition) is 0. The Kier molecular flexibility index (Phi) is 7.56. The Morgan fingerprint density at radius 1 is 0.722 bits per heavy atom. The molecule has 0 aromatic rings. The molecule has 0 spiro atoms. The summed E-state index contributed by atoms with van der Waals surface area (Å²) in [5.74, 6) is 1.74. The van der Waals surface area contributed by atoms with Gasteiger partial charge in [0.1, 0.15) is 0 Å². The second-order valence-corrected chi connectivity index (χ2v) is 8.29. The lowest BCUT2D eigenvalue weighted by atomic mass is 9.72. The molecule has 0 amide bonds. The molecule has 2 atom stereocenters. The SMILES string of the molecule is CCCC(C)CC(C)(C)CC(C)CC(C)(C)CC. The highest BCUT2D eigenvalue weighted by Crippen LogP contribution is 2.38. The predicted molar refractivity (Wildman–Crippen MR) is 84.9 cm³/mol. The van der Waals surface area contributed by atoms with Crippen molar-refractivity contribution >= 4 is 0 Å². The van der Waals surface area contributed by atoms with Crippen LogP contribution in [-0.2, 0) is 0 Å². The van der Waals surface area contributed by atoms with Gasteiger partial charge in [-0.3, -0.25) is 0 Å². The van der Waals surface area contributed by atoms with Gasteiger partial charge < -0.3 is 0 Å². The lowest BCUT2D eigenvalue weighted by molar-refractivity contribution is 0.174. The summed E-state index contributed by atoms with van der Waals surface area (Å²) in [6, 6.07) is 0. The number of hydrogen-bond donors (Lipinski definition) is 0. The molecule has 0 radical (unpaired) electrons. The topological polar surface area (TPSA) is 0 Å². The van der Waals surface area contributed by atoms with Crippen LogP contribution < -0.4 is 0 Å². The van der Waals surface area contributed by atoms with Crippen LogP contribution in [0.25, 0.3) is 0 Å². The predicted octanol–water partition coefficient (Wildman–Crippen LogP) is 6.69. The van der Waals surface area contributed by atoms with Gasteiger partial charge in [-0.05, 0) is 41.9 Å². The van der Waals surface area contributed by atoms with Gasteiger partial charge in [0.25, 0.3) is 0 Å². The third-order valence-corrected chi connectivity index (χ3v) is 4.44. The minimum absolute atomic E-state index is 0.512. The molecule has 0 saturated heterocycles. The van der Waals surface area contributed by atoms with E-state index in [0.717, 1.165) is 11.8 Å². The summed E-state index contributed by atoms with van der Waals surface area (Å²) < 4.78 is 0. The molecule has 0 bridgehead atoms. The molecule has 0 aliphatic heterocycles. The Morgan fingerprint density at radius 3 is 1.61 bits per heavy atom. The van der Waals surface area contributed by atoms with Crippen LogP contribution in [0.2, 0.25) is 0 Å². The lowest BCUT2D eigenvalue weighted by Crippen LogP contribution is -2.22. The van der Waals surface area contributed by atoms with Crippen molar-refractivity contribution in [3.8, 4) is 0 Å². The maximum absolute atomic E-state index is 2.47. The highest BCUT2D eigenvalue weighted by atomic mass is 14.3. The van der Waals surface area contributed by atoms with E-state index in [0.29, 0.717) is 10.8 Å². The molecule has 0 saturated carbocycles. The van der Waals surface area contributed by atoms with E-state index < -0.39 is 0 Å². The van der Waals surface area contributed by atoms with Crippen molar-refractivity contribution in [2.24, 2.45) is 22.7 Å². The molecule has 2 unspecified atom stereocenters. The smallest absolute Gasteiger partial charge is 0.0349 e. The Hall–Kier alpha value is 0. The van der Waals surface area contributed by atoms with Crippen molar-refractivity contribution in [2.45, 2.75) is 93.9 Å². The van der Waals surface area contributed by atoms with Crippen LogP contribution in [-0.4, -0.2) is 0 Å². The molecule has 0 aliphatic carbocycles. The van der Waals surface area contributed by atoms with E-state index in [4.69, 9.17) is 0 Å². The molecule has 0 nitrogen and oxygen atoms in total. The van der Waals surface area contributed by atoms with Crippen LogP contribution >= 0.6 is 0 Å². The first-order chi connectivity index (χ1) is 8.12. The van der Waals surface area contributed by atoms with Crippen molar-refractivity contribution in [1.82, 2.24) is 0 Å². The van der Waals surface area contributed by atoms with Crippen molar-refractivity contribution in [1.29, 1.82) is 0 Å². The van der Waals surface area contributed by atoms with Gasteiger partial charge in [0.15, 0.2) is 0 Å². The van der Waals surface area contributed by atoms with Crippen molar-refractivity contribution < 1.29 is 0 Å². The summed E-state index contributed by atoms with van der Waals surface area (Å²) in [6.07, 6.45) is 8.15. The van der Waals surface area contributed by atoms with Gasteiger partial charge >= 0.3 is 0 Å². The van der Waals surface area contributed by atoms with E-state index in [-0.39, 0.29) is 0 Å². The molecule has 0 fully saturated rings. The highest BCUT2D eigenvalue weighted by Gasteiger charge is 2.26. The highest BCUT2D eigenvalue weighted by molar-refractivity contribution is 4.78. The number of rotatable bonds is 9. The maximum Gasteiger partial charge on any atom is -0.0349 e. The molecule has 0 rings (SSSR count). The maximum atomic E-state index is 2.47. The van der Waals surface area contributed by atoms with Gasteiger partial charge in [-0.25, -0.2) is 0 Å². The average molecular weight is 255 g/mol. The monoisotopic (exact) mass is 254 g/mol. The molecule has 18 heavy (non-hydrogen) atoms. The van der Waals surface area contributed by atoms with E-state index >= 15 is 0 Å². The van der Waals surface area contributed by atoms with Gasteiger partial charge in [-0.1, -0.05) is 74.7 Å². The van der Waals surface area contributed by atoms with Crippen molar-refractivity contribution in [2.75, 3.05) is 0 Å². The first kappa shape index (κ1) is 18.0. The lowest BCUT2D eigenvalue weighted by Gasteiger charge is -2.34. The Balaban J connectivity index is 4.22. The second-order valence-electron chi connectivity index (χ2n) is 8.29. The van der Waals surface area contributed by atoms with Crippen LogP contribution in [0.1, 0.15) is 93.9 Å². The van der Waals surface area contributed by atoms with Crippen molar-refractivity contribution in [3.05, 3.63) is 0 Å². The normalized spacial score (nSPS) is 16.7. The first-order valence-electron chi connectivity index (χ1n) is 8.12. The van der Waals surface area contributed by atoms with E-state index in [1.165, 1.54) is 38.5 Å². The quantitative estimate of drug-likeness (QED) is 0.430. The molecular weight excluding hydrogens is 216 g/mol. The van der Waals surface area contributed by atoms with E-state index in [1.807, 2.05) is 0 Å². The van der Waals surface area contributed by atoms with Gasteiger partial charge in [0.2, 0.25) is 0 Å². The minimum Gasteiger partial charge on any atom is -0.0654 e. The molecule has 0 aliphatic rings. The molecular formula is C18H38. The molecule has 110 valence electrons. The summed E-state index contributed by atoms with van der Waals surface area (Å²) in [4.78, 5) is 0. The Labute approximate surface area is 117 Å². The van der Waals surface area contributed by atoms with Gasteiger partial charge in [0, 0.05) is 0 Å². The fourth-order valence-corrected chi connectivity index (χ4v) is 3.72. The molecule has 0 N–H and O–H groups in total. The fraction of sp³-hybridized carbons (Fsp3) is 1.00. The Morgan fingerprint density at radius 2 is 1.17 bits per heavy atom. The summed E-state index contributed by atoms with van der Waals surface area (Å²) in [5, 5.41) is 0. The zero-order valence-electron chi connectivity index (χ0n) is 14.4. The van der Waals surface area contributed by atoms with Crippen LogP contribution in [0.5, 0.6) is 0 Å². The largest absolute Gasteiger partial charge is 0.0654 e. The zero-order valence-corrected chi connectivity index (χ0v) is 14.4. The standard InChI is InChI=1S/C18H38/c1-9-11-15(3)12-18(7,8)14-16(4)13-17(5,6)10-2/h15-16H,9-14H2,1-8H3. The third kappa shape index (κ3) is 8.16. The minimum atomic E-state index is 0.512.